The average Bonchev–Trinajstić information content (AvgIpc) is 2.56. The van der Waals surface area contributed by atoms with Crippen LogP contribution in [0.4, 0.5) is 0 Å². The van der Waals surface area contributed by atoms with Gasteiger partial charge >= 0.3 is 0 Å². The highest BCUT2D eigenvalue weighted by atomic mass is 79.9. The Kier molecular flexibility index (Phi) is 5.19. The van der Waals surface area contributed by atoms with Gasteiger partial charge in [0.25, 0.3) is 0 Å². The Morgan fingerprint density at radius 1 is 1.41 bits per heavy atom. The molecule has 0 aliphatic rings. The van der Waals surface area contributed by atoms with Crippen LogP contribution in [-0.4, -0.2) is 15.0 Å². The highest BCUT2D eigenvalue weighted by molar-refractivity contribution is 9.11. The smallest absolute Gasteiger partial charge is 0.210 e. The second kappa shape index (κ2) is 5.82. The summed E-state index contributed by atoms with van der Waals surface area (Å²) in [7, 11) is -3.35. The average molecular weight is 340 g/mol. The van der Waals surface area contributed by atoms with Gasteiger partial charge in [0.2, 0.25) is 10.0 Å². The van der Waals surface area contributed by atoms with E-state index in [1.165, 1.54) is 11.3 Å². The van der Waals surface area contributed by atoms with E-state index in [4.69, 9.17) is 0 Å². The number of hydrogen-bond donors (Lipinski definition) is 1. The first-order valence-corrected chi connectivity index (χ1v) is 8.59. The molecule has 1 aromatic rings. The molecule has 17 heavy (non-hydrogen) atoms. The zero-order valence-corrected chi connectivity index (χ0v) is 13.7. The Balaban J connectivity index is 2.76. The molecule has 0 saturated carbocycles. The van der Waals surface area contributed by atoms with Crippen molar-refractivity contribution in [1.29, 1.82) is 0 Å². The maximum atomic E-state index is 12.0. The lowest BCUT2D eigenvalue weighted by molar-refractivity contribution is 0.415. The van der Waals surface area contributed by atoms with Gasteiger partial charge in [-0.1, -0.05) is 20.8 Å². The molecule has 0 spiro atoms. The van der Waals surface area contributed by atoms with Crippen molar-refractivity contribution in [3.05, 3.63) is 15.4 Å². The Hall–Kier alpha value is 0.0900. The molecule has 0 bridgehead atoms. The zero-order chi connectivity index (χ0) is 13.2. The molecule has 1 atom stereocenters. The fourth-order valence-electron chi connectivity index (χ4n) is 1.11. The minimum Gasteiger partial charge on any atom is -0.210 e. The lowest BCUT2D eigenvalue weighted by Crippen LogP contribution is -2.29. The van der Waals surface area contributed by atoms with E-state index in [0.717, 1.165) is 9.35 Å². The normalized spacial score (nSPS) is 14.2. The molecule has 6 heteroatoms. The molecule has 0 amide bonds. The Labute approximate surface area is 116 Å². The quantitative estimate of drug-likeness (QED) is 0.893. The summed E-state index contributed by atoms with van der Waals surface area (Å²) in [5, 5.41) is 0. The molecule has 1 unspecified atom stereocenters. The van der Waals surface area contributed by atoms with Crippen LogP contribution < -0.4 is 4.72 Å². The molecule has 0 aliphatic heterocycles. The molecule has 1 heterocycles. The summed E-state index contributed by atoms with van der Waals surface area (Å²) >= 11 is 4.59. The van der Waals surface area contributed by atoms with Gasteiger partial charge in [0.15, 0.2) is 0 Å². The van der Waals surface area contributed by atoms with E-state index in [1.807, 2.05) is 13.8 Å². The Morgan fingerprint density at radius 2 is 2.00 bits per heavy atom. The number of halogens is 1. The molecular formula is C11H18BrNO2S2. The van der Waals surface area contributed by atoms with Gasteiger partial charge in [-0.05, 0) is 46.3 Å². The van der Waals surface area contributed by atoms with Crippen molar-refractivity contribution in [1.82, 2.24) is 4.72 Å². The molecule has 3 nitrogen and oxygen atoms in total. The Morgan fingerprint density at radius 3 is 2.41 bits per heavy atom. The molecular weight excluding hydrogens is 322 g/mol. The van der Waals surface area contributed by atoms with Crippen molar-refractivity contribution in [3.63, 3.8) is 0 Å². The monoisotopic (exact) mass is 339 g/mol. The van der Waals surface area contributed by atoms with E-state index < -0.39 is 10.0 Å². The maximum Gasteiger partial charge on any atom is 0.250 e. The van der Waals surface area contributed by atoms with Crippen molar-refractivity contribution in [2.24, 2.45) is 11.8 Å². The molecule has 98 valence electrons. The predicted molar refractivity (Wildman–Crippen MR) is 75.9 cm³/mol. The first-order chi connectivity index (χ1) is 7.74. The lowest BCUT2D eigenvalue weighted by Gasteiger charge is -2.15. The van der Waals surface area contributed by atoms with Gasteiger partial charge in [-0.2, -0.15) is 0 Å². The fraction of sp³-hybridized carbons (Fsp3) is 0.636. The van der Waals surface area contributed by atoms with Crippen LogP contribution in [0.1, 0.15) is 26.3 Å². The molecule has 0 saturated heterocycles. The summed E-state index contributed by atoms with van der Waals surface area (Å²) in [4.78, 5) is 0. The summed E-state index contributed by atoms with van der Waals surface area (Å²) in [6, 6.07) is 1.69. The predicted octanol–water partition coefficient (Wildman–Crippen LogP) is 3.39. The minimum atomic E-state index is -3.35. The summed E-state index contributed by atoms with van der Waals surface area (Å²) in [6.07, 6.45) is 0. The van der Waals surface area contributed by atoms with E-state index in [0.29, 0.717) is 22.6 Å². The molecule has 0 aliphatic carbocycles. The van der Waals surface area contributed by atoms with Gasteiger partial charge in [-0.25, -0.2) is 13.1 Å². The third-order valence-electron chi connectivity index (χ3n) is 2.83. The van der Waals surface area contributed by atoms with Gasteiger partial charge in [0.05, 0.1) is 3.79 Å². The van der Waals surface area contributed by atoms with Crippen LogP contribution in [0.2, 0.25) is 0 Å². The molecule has 0 aromatic carbocycles. The van der Waals surface area contributed by atoms with Gasteiger partial charge in [0, 0.05) is 6.54 Å². The van der Waals surface area contributed by atoms with Crippen LogP contribution in [0.5, 0.6) is 0 Å². The van der Waals surface area contributed by atoms with Gasteiger partial charge in [0.1, 0.15) is 4.21 Å². The van der Waals surface area contributed by atoms with Crippen LogP contribution in [0.15, 0.2) is 14.1 Å². The third-order valence-corrected chi connectivity index (χ3v) is 6.87. The molecule has 1 rings (SSSR count). The molecule has 0 fully saturated rings. The number of sulfonamides is 1. The zero-order valence-electron chi connectivity index (χ0n) is 10.5. The summed E-state index contributed by atoms with van der Waals surface area (Å²) in [6.45, 7) is 8.59. The van der Waals surface area contributed by atoms with Crippen LogP contribution in [0.25, 0.3) is 0 Å². The topological polar surface area (TPSA) is 46.2 Å². The van der Waals surface area contributed by atoms with Gasteiger partial charge in [-0.3, -0.25) is 0 Å². The van der Waals surface area contributed by atoms with E-state index in [-0.39, 0.29) is 0 Å². The number of aryl methyl sites for hydroxylation is 1. The second-order valence-electron chi connectivity index (χ2n) is 4.60. The highest BCUT2D eigenvalue weighted by Crippen LogP contribution is 2.30. The van der Waals surface area contributed by atoms with E-state index in [2.05, 4.69) is 34.5 Å². The van der Waals surface area contributed by atoms with Crippen molar-refractivity contribution >= 4 is 37.3 Å². The summed E-state index contributed by atoms with van der Waals surface area (Å²) in [5.74, 6) is 0.795. The SMILES string of the molecule is Cc1cc(S(=O)(=O)NCC(C)C(C)C)sc1Br. The van der Waals surface area contributed by atoms with E-state index in [9.17, 15) is 8.42 Å². The second-order valence-corrected chi connectivity index (χ2v) is 8.96. The highest BCUT2D eigenvalue weighted by Gasteiger charge is 2.19. The number of rotatable bonds is 5. The molecule has 1 aromatic heterocycles. The van der Waals surface area contributed by atoms with Gasteiger partial charge < -0.3 is 0 Å². The lowest BCUT2D eigenvalue weighted by atomic mass is 9.99. The largest absolute Gasteiger partial charge is 0.250 e. The minimum absolute atomic E-state index is 0.328. The Bertz CT molecular complexity index is 460. The standard InChI is InChI=1S/C11H18BrNO2S2/c1-7(2)9(4)6-13-17(14,15)10-5-8(3)11(12)16-10/h5,7,9,13H,6H2,1-4H3. The first kappa shape index (κ1) is 15.1. The number of nitrogens with one attached hydrogen (secondary N) is 1. The maximum absolute atomic E-state index is 12.0. The van der Waals surface area contributed by atoms with Crippen molar-refractivity contribution < 1.29 is 8.42 Å². The van der Waals surface area contributed by atoms with E-state index in [1.54, 1.807) is 6.07 Å². The number of thiophene rings is 1. The fourth-order valence-corrected chi connectivity index (χ4v) is 4.53. The molecule has 0 radical (unpaired) electrons. The third kappa shape index (κ3) is 4.05. The summed E-state index contributed by atoms with van der Waals surface area (Å²) < 4.78 is 27.9. The van der Waals surface area contributed by atoms with E-state index >= 15 is 0 Å². The molecule has 1 N–H and O–H groups in total. The van der Waals surface area contributed by atoms with Crippen LogP contribution >= 0.6 is 27.3 Å². The number of hydrogen-bond acceptors (Lipinski definition) is 3. The van der Waals surface area contributed by atoms with Crippen molar-refractivity contribution in [3.8, 4) is 0 Å². The first-order valence-electron chi connectivity index (χ1n) is 5.49. The van der Waals surface area contributed by atoms with Crippen molar-refractivity contribution in [2.45, 2.75) is 31.9 Å². The van der Waals surface area contributed by atoms with Gasteiger partial charge in [-0.15, -0.1) is 11.3 Å². The van der Waals surface area contributed by atoms with Crippen molar-refractivity contribution in [2.75, 3.05) is 6.54 Å². The van der Waals surface area contributed by atoms with Crippen LogP contribution in [0, 0.1) is 18.8 Å². The van der Waals surface area contributed by atoms with Crippen LogP contribution in [0.3, 0.4) is 0 Å². The van der Waals surface area contributed by atoms with Crippen LogP contribution in [-0.2, 0) is 10.0 Å². The summed E-state index contributed by atoms with van der Waals surface area (Å²) in [5.41, 5.74) is 0.951.